The molecule has 1 saturated heterocycles. The van der Waals surface area contributed by atoms with Gasteiger partial charge in [0, 0.05) is 36.9 Å². The topological polar surface area (TPSA) is 68.1 Å². The van der Waals surface area contributed by atoms with Gasteiger partial charge in [-0.3, -0.25) is 9.58 Å². The van der Waals surface area contributed by atoms with Crippen molar-refractivity contribution >= 4 is 11.6 Å². The molecule has 0 spiro atoms. The fourth-order valence-electron chi connectivity index (χ4n) is 3.96. The highest BCUT2D eigenvalue weighted by Crippen LogP contribution is 2.26. The molecule has 3 aromatic rings. The molecule has 4 heterocycles. The van der Waals surface area contributed by atoms with Crippen LogP contribution in [0.2, 0.25) is 0 Å². The molecule has 0 saturated carbocycles. The van der Waals surface area contributed by atoms with E-state index < -0.39 is 0 Å². The summed E-state index contributed by atoms with van der Waals surface area (Å²) >= 11 is 0. The van der Waals surface area contributed by atoms with Crippen LogP contribution < -0.4 is 5.32 Å². The molecular weight excluding hydrogens is 395 g/mol. The largest absolute Gasteiger partial charge is 0.369 e. The smallest absolute Gasteiger partial charge is 0.141 e. The minimum Gasteiger partial charge on any atom is -0.369 e. The SMILES string of the molecule is Cc1nn(C(C)C)c(C)c1CN1CCO[C@@H](c2cccc(Nc3ccc(F)cn3)n2)C1. The first-order valence-electron chi connectivity index (χ1n) is 10.6. The quantitative estimate of drug-likeness (QED) is 0.635. The van der Waals surface area contributed by atoms with Crippen LogP contribution in [0, 0.1) is 19.7 Å². The van der Waals surface area contributed by atoms with Gasteiger partial charge in [-0.15, -0.1) is 0 Å². The third-order valence-electron chi connectivity index (χ3n) is 5.58. The van der Waals surface area contributed by atoms with E-state index in [0.717, 1.165) is 31.0 Å². The minimum atomic E-state index is -0.368. The lowest BCUT2D eigenvalue weighted by atomic mass is 10.1. The van der Waals surface area contributed by atoms with E-state index in [1.807, 2.05) is 18.2 Å². The van der Waals surface area contributed by atoms with E-state index in [0.29, 0.717) is 24.3 Å². The number of anilines is 2. The molecule has 1 aliphatic heterocycles. The van der Waals surface area contributed by atoms with Crippen LogP contribution >= 0.6 is 0 Å². The van der Waals surface area contributed by atoms with Crippen molar-refractivity contribution < 1.29 is 9.13 Å². The van der Waals surface area contributed by atoms with Crippen LogP contribution in [0.5, 0.6) is 0 Å². The van der Waals surface area contributed by atoms with Crippen molar-refractivity contribution in [3.63, 3.8) is 0 Å². The van der Waals surface area contributed by atoms with Crippen LogP contribution in [0.4, 0.5) is 16.0 Å². The fraction of sp³-hybridized carbons (Fsp3) is 0.435. The van der Waals surface area contributed by atoms with Gasteiger partial charge in [0.05, 0.1) is 24.2 Å². The molecule has 0 radical (unpaired) electrons. The highest BCUT2D eigenvalue weighted by Gasteiger charge is 2.25. The molecular formula is C23H29FN6O. The first-order chi connectivity index (χ1) is 14.9. The molecule has 31 heavy (non-hydrogen) atoms. The predicted molar refractivity (Wildman–Crippen MR) is 118 cm³/mol. The number of hydrogen-bond acceptors (Lipinski definition) is 6. The Morgan fingerprint density at radius 2 is 2.03 bits per heavy atom. The molecule has 0 aromatic carbocycles. The second-order valence-corrected chi connectivity index (χ2v) is 8.22. The van der Waals surface area contributed by atoms with Crippen molar-refractivity contribution in [3.05, 3.63) is 65.0 Å². The predicted octanol–water partition coefficient (Wildman–Crippen LogP) is 4.33. The summed E-state index contributed by atoms with van der Waals surface area (Å²) in [5, 5.41) is 7.84. The maximum atomic E-state index is 13.1. The summed E-state index contributed by atoms with van der Waals surface area (Å²) in [6.07, 6.45) is 1.07. The molecule has 1 N–H and O–H groups in total. The van der Waals surface area contributed by atoms with E-state index in [-0.39, 0.29) is 11.9 Å². The van der Waals surface area contributed by atoms with E-state index in [4.69, 9.17) is 14.8 Å². The van der Waals surface area contributed by atoms with Gasteiger partial charge < -0.3 is 10.1 Å². The van der Waals surface area contributed by atoms with E-state index in [9.17, 15) is 4.39 Å². The summed E-state index contributed by atoms with van der Waals surface area (Å²) in [4.78, 5) is 11.1. The van der Waals surface area contributed by atoms with Crippen molar-refractivity contribution in [1.29, 1.82) is 0 Å². The summed E-state index contributed by atoms with van der Waals surface area (Å²) in [5.41, 5.74) is 4.47. The molecule has 0 aliphatic carbocycles. The number of hydrogen-bond donors (Lipinski definition) is 1. The molecule has 3 aromatic heterocycles. The van der Waals surface area contributed by atoms with Crippen molar-refractivity contribution in [1.82, 2.24) is 24.6 Å². The lowest BCUT2D eigenvalue weighted by Gasteiger charge is -2.32. The van der Waals surface area contributed by atoms with Gasteiger partial charge in [0.2, 0.25) is 0 Å². The van der Waals surface area contributed by atoms with Gasteiger partial charge in [-0.1, -0.05) is 6.07 Å². The van der Waals surface area contributed by atoms with Gasteiger partial charge in [-0.25, -0.2) is 14.4 Å². The number of rotatable bonds is 6. The van der Waals surface area contributed by atoms with Crippen molar-refractivity contribution in [2.24, 2.45) is 0 Å². The Hall–Kier alpha value is -2.84. The average Bonchev–Trinajstić information content (AvgIpc) is 3.04. The minimum absolute atomic E-state index is 0.113. The Labute approximate surface area is 182 Å². The number of halogens is 1. The number of pyridine rings is 2. The zero-order valence-corrected chi connectivity index (χ0v) is 18.5. The van der Waals surface area contributed by atoms with Gasteiger partial charge in [0.25, 0.3) is 0 Å². The molecule has 7 nitrogen and oxygen atoms in total. The number of ether oxygens (including phenoxy) is 1. The van der Waals surface area contributed by atoms with Gasteiger partial charge in [-0.2, -0.15) is 5.10 Å². The zero-order chi connectivity index (χ0) is 22.0. The van der Waals surface area contributed by atoms with Crippen molar-refractivity contribution in [2.45, 2.75) is 46.4 Å². The maximum absolute atomic E-state index is 13.1. The van der Waals surface area contributed by atoms with Crippen molar-refractivity contribution in [3.8, 4) is 0 Å². The highest BCUT2D eigenvalue weighted by atomic mass is 19.1. The standard InChI is InChI=1S/C23H29FN6O/c1-15(2)30-17(4)19(16(3)28-30)13-29-10-11-31-21(14-29)20-6-5-7-23(26-20)27-22-9-8-18(24)12-25-22/h5-9,12,15,21H,10-11,13-14H2,1-4H3,(H,25,26,27)/t21-/m1/s1. The monoisotopic (exact) mass is 424 g/mol. The Morgan fingerprint density at radius 3 is 2.74 bits per heavy atom. The van der Waals surface area contributed by atoms with Gasteiger partial charge in [-0.05, 0) is 52.0 Å². The first kappa shape index (κ1) is 21.4. The van der Waals surface area contributed by atoms with Crippen LogP contribution in [0.3, 0.4) is 0 Å². The van der Waals surface area contributed by atoms with E-state index in [1.165, 1.54) is 23.5 Å². The van der Waals surface area contributed by atoms with Crippen LogP contribution in [0.15, 0.2) is 36.5 Å². The molecule has 0 amide bonds. The van der Waals surface area contributed by atoms with Gasteiger partial charge >= 0.3 is 0 Å². The average molecular weight is 425 g/mol. The van der Waals surface area contributed by atoms with Gasteiger partial charge in [0.1, 0.15) is 23.6 Å². The molecule has 4 rings (SSSR count). The summed E-state index contributed by atoms with van der Waals surface area (Å²) in [7, 11) is 0. The summed E-state index contributed by atoms with van der Waals surface area (Å²) in [6, 6.07) is 9.08. The normalized spacial score (nSPS) is 17.3. The van der Waals surface area contributed by atoms with Crippen LogP contribution in [-0.4, -0.2) is 44.3 Å². The number of morpholine rings is 1. The maximum Gasteiger partial charge on any atom is 0.141 e. The number of nitrogens with one attached hydrogen (secondary N) is 1. The van der Waals surface area contributed by atoms with E-state index in [2.05, 4.69) is 47.6 Å². The van der Waals surface area contributed by atoms with Crippen LogP contribution in [0.25, 0.3) is 0 Å². The number of aromatic nitrogens is 4. The second-order valence-electron chi connectivity index (χ2n) is 8.22. The van der Waals surface area contributed by atoms with Crippen LogP contribution in [0.1, 0.15) is 48.6 Å². The Balaban J connectivity index is 1.46. The number of nitrogens with zero attached hydrogens (tertiary/aromatic N) is 5. The molecule has 1 aliphatic rings. The first-order valence-corrected chi connectivity index (χ1v) is 10.6. The fourth-order valence-corrected chi connectivity index (χ4v) is 3.96. The Bertz CT molecular complexity index is 1030. The summed E-state index contributed by atoms with van der Waals surface area (Å²) < 4.78 is 21.2. The third kappa shape index (κ3) is 4.91. The summed E-state index contributed by atoms with van der Waals surface area (Å²) in [5.74, 6) is 0.833. The van der Waals surface area contributed by atoms with E-state index in [1.54, 1.807) is 6.07 Å². The second kappa shape index (κ2) is 9.11. The molecule has 164 valence electrons. The van der Waals surface area contributed by atoms with E-state index >= 15 is 0 Å². The number of aryl methyl sites for hydroxylation is 1. The lowest BCUT2D eigenvalue weighted by Crippen LogP contribution is -2.38. The van der Waals surface area contributed by atoms with Gasteiger partial charge in [0.15, 0.2) is 0 Å². The zero-order valence-electron chi connectivity index (χ0n) is 18.5. The highest BCUT2D eigenvalue weighted by molar-refractivity contribution is 5.51. The molecule has 0 unspecified atom stereocenters. The Morgan fingerprint density at radius 1 is 1.19 bits per heavy atom. The molecule has 1 atom stereocenters. The van der Waals surface area contributed by atoms with Crippen molar-refractivity contribution in [2.75, 3.05) is 25.0 Å². The molecule has 0 bridgehead atoms. The lowest BCUT2D eigenvalue weighted by molar-refractivity contribution is -0.0350. The molecule has 1 fully saturated rings. The summed E-state index contributed by atoms with van der Waals surface area (Å²) in [6.45, 7) is 11.7. The molecule has 8 heteroatoms. The Kier molecular flexibility index (Phi) is 6.29. The van der Waals surface area contributed by atoms with Crippen LogP contribution in [-0.2, 0) is 11.3 Å². The third-order valence-corrected chi connectivity index (χ3v) is 5.58.